The molecule has 0 aliphatic heterocycles. The second-order valence-corrected chi connectivity index (χ2v) is 6.17. The minimum absolute atomic E-state index is 0.443. The number of hydrogen-bond acceptors (Lipinski definition) is 5. The summed E-state index contributed by atoms with van der Waals surface area (Å²) in [6, 6.07) is 0. The van der Waals surface area contributed by atoms with Crippen LogP contribution in [0, 0.1) is 0 Å². The van der Waals surface area contributed by atoms with E-state index in [1.807, 2.05) is 4.98 Å². The molecule has 2 N–H and O–H groups in total. The van der Waals surface area contributed by atoms with Crippen LogP contribution in [0.2, 0.25) is 0 Å². The Morgan fingerprint density at radius 2 is 1.94 bits per heavy atom. The third-order valence-electron chi connectivity index (χ3n) is 2.21. The second-order valence-electron chi connectivity index (χ2n) is 3.94. The van der Waals surface area contributed by atoms with Gasteiger partial charge in [0.2, 0.25) is 10.0 Å². The van der Waals surface area contributed by atoms with E-state index in [0.717, 1.165) is 10.8 Å². The van der Waals surface area contributed by atoms with Gasteiger partial charge in [0, 0.05) is 13.2 Å². The first-order valence-corrected chi connectivity index (χ1v) is 6.55. The normalized spacial score (nSPS) is 11.6. The number of nitrogens with zero attached hydrogens (tertiary/aromatic N) is 1. The van der Waals surface area contributed by atoms with Gasteiger partial charge >= 0.3 is 5.69 Å². The van der Waals surface area contributed by atoms with Gasteiger partial charge in [-0.1, -0.05) is 0 Å². The van der Waals surface area contributed by atoms with Crippen molar-refractivity contribution in [3.05, 3.63) is 32.6 Å². The van der Waals surface area contributed by atoms with Crippen molar-refractivity contribution in [2.45, 2.75) is 19.1 Å². The minimum Gasteiger partial charge on any atom is -0.303 e. The number of hydrogen-bond donors (Lipinski definition) is 2. The molecule has 100 valence electrons. The van der Waals surface area contributed by atoms with Gasteiger partial charge in [0.15, 0.2) is 0 Å². The predicted molar refractivity (Wildman–Crippen MR) is 63.8 cm³/mol. The summed E-state index contributed by atoms with van der Waals surface area (Å²) in [5.41, 5.74) is -2.07. The van der Waals surface area contributed by atoms with Crippen LogP contribution in [-0.4, -0.2) is 29.1 Å². The van der Waals surface area contributed by atoms with Crippen LogP contribution in [0.15, 0.2) is 15.8 Å². The van der Waals surface area contributed by atoms with Gasteiger partial charge in [-0.15, -0.1) is 0 Å². The van der Waals surface area contributed by atoms with E-state index in [-0.39, 0.29) is 0 Å². The maximum absolute atomic E-state index is 11.6. The highest BCUT2D eigenvalue weighted by molar-refractivity contribution is 7.90. The lowest BCUT2D eigenvalue weighted by Gasteiger charge is -2.09. The average molecular weight is 275 g/mol. The molecule has 0 fully saturated rings. The number of sulfonamides is 1. The lowest BCUT2D eigenvalue weighted by Crippen LogP contribution is -2.40. The van der Waals surface area contributed by atoms with Crippen LogP contribution < -0.4 is 16.0 Å². The lowest BCUT2D eigenvalue weighted by molar-refractivity contribution is 0.0978. The Bertz CT molecular complexity index is 683. The summed E-state index contributed by atoms with van der Waals surface area (Å²) in [5, 5.41) is -0.812. The van der Waals surface area contributed by atoms with Gasteiger partial charge < -0.3 is 4.57 Å². The predicted octanol–water partition coefficient (Wildman–Crippen LogP) is -1.46. The average Bonchev–Trinajstić information content (AvgIpc) is 2.22. The molecule has 1 heterocycles. The van der Waals surface area contributed by atoms with Gasteiger partial charge in [0.1, 0.15) is 5.56 Å². The van der Waals surface area contributed by atoms with Crippen molar-refractivity contribution in [1.82, 2.24) is 14.3 Å². The van der Waals surface area contributed by atoms with Gasteiger partial charge in [-0.05, 0) is 13.8 Å². The Hall–Kier alpha value is -1.90. The first-order chi connectivity index (χ1) is 8.15. The minimum atomic E-state index is -3.83. The van der Waals surface area contributed by atoms with Crippen LogP contribution >= 0.6 is 0 Å². The quantitative estimate of drug-likeness (QED) is 0.699. The number of rotatable bonds is 3. The van der Waals surface area contributed by atoms with Gasteiger partial charge in [-0.2, -0.15) is 0 Å². The van der Waals surface area contributed by atoms with Gasteiger partial charge in [-0.25, -0.2) is 17.9 Å². The first kappa shape index (κ1) is 14.2. The third-order valence-corrected chi connectivity index (χ3v) is 3.92. The molecule has 18 heavy (non-hydrogen) atoms. The SMILES string of the molecule is CC(C)S(=O)(=O)NC(=O)c1cn(C)c(=O)[nH]c1=O. The summed E-state index contributed by atoms with van der Waals surface area (Å²) in [6.45, 7) is 2.78. The summed E-state index contributed by atoms with van der Waals surface area (Å²) in [6.07, 6.45) is 0.979. The fraction of sp³-hybridized carbons (Fsp3) is 0.444. The number of aromatic nitrogens is 2. The largest absolute Gasteiger partial charge is 0.328 e. The Kier molecular flexibility index (Phi) is 3.75. The molecule has 0 saturated heterocycles. The fourth-order valence-electron chi connectivity index (χ4n) is 1.03. The standard InChI is InChI=1S/C9H13N3O5S/c1-5(2)18(16,17)11-8(14)6-4-12(3)9(15)10-7(6)13/h4-5H,1-3H3,(H,11,14)(H,10,13,15). The van der Waals surface area contributed by atoms with Crippen molar-refractivity contribution in [1.29, 1.82) is 0 Å². The molecule has 8 nitrogen and oxygen atoms in total. The molecule has 0 spiro atoms. The van der Waals surface area contributed by atoms with Crippen LogP contribution in [-0.2, 0) is 17.1 Å². The summed E-state index contributed by atoms with van der Waals surface area (Å²) < 4.78 is 25.7. The van der Waals surface area contributed by atoms with Gasteiger partial charge in [-0.3, -0.25) is 14.6 Å². The number of carbonyl (C=O) groups is 1. The van der Waals surface area contributed by atoms with Crippen LogP contribution in [0.4, 0.5) is 0 Å². The molecule has 1 rings (SSSR count). The van der Waals surface area contributed by atoms with Crippen molar-refractivity contribution < 1.29 is 13.2 Å². The molecule has 0 bridgehead atoms. The number of H-pyrrole nitrogens is 1. The Labute approximate surface area is 103 Å². The molecule has 0 aliphatic carbocycles. The number of nitrogens with one attached hydrogen (secondary N) is 2. The maximum atomic E-state index is 11.6. The second kappa shape index (κ2) is 4.77. The highest BCUT2D eigenvalue weighted by Gasteiger charge is 2.22. The van der Waals surface area contributed by atoms with Crippen LogP contribution in [0.5, 0.6) is 0 Å². The molecule has 0 atom stereocenters. The summed E-state index contributed by atoms with van der Waals surface area (Å²) in [7, 11) is -2.50. The van der Waals surface area contributed by atoms with E-state index in [9.17, 15) is 22.8 Å². The lowest BCUT2D eigenvalue weighted by atomic mass is 10.3. The van der Waals surface area contributed by atoms with Crippen LogP contribution in [0.1, 0.15) is 24.2 Å². The molecule has 1 aromatic heterocycles. The highest BCUT2D eigenvalue weighted by Crippen LogP contribution is 1.98. The summed E-state index contributed by atoms with van der Waals surface area (Å²) in [5.74, 6) is -1.07. The van der Waals surface area contributed by atoms with Crippen molar-refractivity contribution in [3.63, 3.8) is 0 Å². The third kappa shape index (κ3) is 2.86. The van der Waals surface area contributed by atoms with Crippen molar-refractivity contribution in [2.75, 3.05) is 0 Å². The molecule has 0 saturated carbocycles. The van der Waals surface area contributed by atoms with E-state index >= 15 is 0 Å². The van der Waals surface area contributed by atoms with E-state index in [1.165, 1.54) is 20.9 Å². The molecule has 0 unspecified atom stereocenters. The highest BCUT2D eigenvalue weighted by atomic mass is 32.2. The Morgan fingerprint density at radius 3 is 2.44 bits per heavy atom. The van der Waals surface area contributed by atoms with E-state index < -0.39 is 38.0 Å². The molecular weight excluding hydrogens is 262 g/mol. The van der Waals surface area contributed by atoms with Gasteiger partial charge in [0.25, 0.3) is 11.5 Å². The topological polar surface area (TPSA) is 118 Å². The molecular formula is C9H13N3O5S. The summed E-state index contributed by atoms with van der Waals surface area (Å²) in [4.78, 5) is 36.0. The zero-order valence-corrected chi connectivity index (χ0v) is 10.9. The van der Waals surface area contributed by atoms with E-state index in [0.29, 0.717) is 0 Å². The van der Waals surface area contributed by atoms with Crippen molar-refractivity contribution in [2.24, 2.45) is 7.05 Å². The van der Waals surface area contributed by atoms with Crippen molar-refractivity contribution in [3.8, 4) is 0 Å². The molecule has 0 aliphatic rings. The fourth-order valence-corrected chi connectivity index (χ4v) is 1.63. The Morgan fingerprint density at radius 1 is 1.39 bits per heavy atom. The zero-order chi connectivity index (χ0) is 14.1. The van der Waals surface area contributed by atoms with E-state index in [2.05, 4.69) is 0 Å². The van der Waals surface area contributed by atoms with Crippen LogP contribution in [0.25, 0.3) is 0 Å². The van der Waals surface area contributed by atoms with E-state index in [4.69, 9.17) is 0 Å². The maximum Gasteiger partial charge on any atom is 0.328 e. The number of carbonyl (C=O) groups excluding carboxylic acids is 1. The monoisotopic (exact) mass is 275 g/mol. The zero-order valence-electron chi connectivity index (χ0n) is 10.1. The van der Waals surface area contributed by atoms with Gasteiger partial charge in [0.05, 0.1) is 5.25 Å². The number of aryl methyl sites for hydroxylation is 1. The van der Waals surface area contributed by atoms with E-state index in [1.54, 1.807) is 4.72 Å². The molecule has 0 radical (unpaired) electrons. The molecule has 9 heteroatoms. The molecule has 1 aromatic rings. The molecule has 0 aromatic carbocycles. The molecule has 1 amide bonds. The smallest absolute Gasteiger partial charge is 0.303 e. The van der Waals surface area contributed by atoms with Crippen molar-refractivity contribution >= 4 is 15.9 Å². The Balaban J connectivity index is 3.18. The van der Waals surface area contributed by atoms with Crippen LogP contribution in [0.3, 0.4) is 0 Å². The number of aromatic amines is 1. The first-order valence-electron chi connectivity index (χ1n) is 5.01. The summed E-state index contributed by atoms with van der Waals surface area (Å²) >= 11 is 0. The number of amides is 1.